The maximum Gasteiger partial charge on any atom is 0.318 e. The smallest absolute Gasteiger partial charge is 0.318 e. The van der Waals surface area contributed by atoms with Gasteiger partial charge in [-0.2, -0.15) is 0 Å². The minimum Gasteiger partial charge on any atom is -0.331 e. The molecule has 104 valence electrons. The van der Waals surface area contributed by atoms with Gasteiger partial charge in [0.2, 0.25) is 0 Å². The second-order valence-corrected chi connectivity index (χ2v) is 5.32. The number of hydrogen-bond donors (Lipinski definition) is 0. The standard InChI is InChI=1S/C5H12N2O.C5H5N.C2H6OS/c1-6(2)5(8)7(3)4;1-2-4-6-5-3-1;1-4(2)3/h1-4H3;1-5H;1-2H3. The van der Waals surface area contributed by atoms with Crippen molar-refractivity contribution in [2.24, 2.45) is 0 Å². The highest BCUT2D eigenvalue weighted by Gasteiger charge is 2.02. The van der Waals surface area contributed by atoms with Gasteiger partial charge < -0.3 is 9.80 Å². The van der Waals surface area contributed by atoms with Crippen molar-refractivity contribution in [1.29, 1.82) is 0 Å². The molecule has 0 aliphatic rings. The summed E-state index contributed by atoms with van der Waals surface area (Å²) in [5.74, 6) is 0. The van der Waals surface area contributed by atoms with Crippen LogP contribution in [0.3, 0.4) is 0 Å². The quantitative estimate of drug-likeness (QED) is 0.716. The molecule has 0 saturated heterocycles. The highest BCUT2D eigenvalue weighted by atomic mass is 32.2. The van der Waals surface area contributed by atoms with Gasteiger partial charge in [0, 0.05) is 63.9 Å². The van der Waals surface area contributed by atoms with Crippen molar-refractivity contribution < 1.29 is 9.00 Å². The number of pyridine rings is 1. The molecule has 0 aromatic carbocycles. The van der Waals surface area contributed by atoms with E-state index in [0.29, 0.717) is 0 Å². The number of carbonyl (C=O) groups is 1. The molecule has 0 aliphatic carbocycles. The topological polar surface area (TPSA) is 53.5 Å². The molecule has 1 aromatic rings. The van der Waals surface area contributed by atoms with Crippen molar-refractivity contribution in [2.75, 3.05) is 40.7 Å². The summed E-state index contributed by atoms with van der Waals surface area (Å²) in [4.78, 5) is 17.5. The van der Waals surface area contributed by atoms with Gasteiger partial charge in [-0.1, -0.05) is 6.07 Å². The number of amides is 2. The molecule has 2 amide bonds. The molecule has 0 N–H and O–H groups in total. The molecule has 1 rings (SSSR count). The van der Waals surface area contributed by atoms with E-state index in [-0.39, 0.29) is 6.03 Å². The minimum absolute atomic E-state index is 0.0185. The molecular formula is C12H23N3O2S. The summed E-state index contributed by atoms with van der Waals surface area (Å²) in [7, 11) is 6.29. The molecule has 0 aliphatic heterocycles. The summed E-state index contributed by atoms with van der Waals surface area (Å²) in [5.41, 5.74) is 0. The molecule has 5 nitrogen and oxygen atoms in total. The van der Waals surface area contributed by atoms with Crippen LogP contribution in [0.2, 0.25) is 0 Å². The molecule has 0 atom stereocenters. The first-order valence-corrected chi connectivity index (χ1v) is 7.24. The van der Waals surface area contributed by atoms with E-state index in [1.54, 1.807) is 53.1 Å². The third-order valence-corrected chi connectivity index (χ3v) is 1.33. The molecule has 6 heteroatoms. The van der Waals surface area contributed by atoms with Crippen LogP contribution in [0.5, 0.6) is 0 Å². The van der Waals surface area contributed by atoms with Crippen molar-refractivity contribution in [3.63, 3.8) is 0 Å². The van der Waals surface area contributed by atoms with Crippen molar-refractivity contribution in [3.05, 3.63) is 30.6 Å². The minimum atomic E-state index is -0.611. The van der Waals surface area contributed by atoms with E-state index in [2.05, 4.69) is 4.98 Å². The first-order valence-electron chi connectivity index (χ1n) is 5.27. The van der Waals surface area contributed by atoms with Gasteiger partial charge in [-0.25, -0.2) is 4.79 Å². The van der Waals surface area contributed by atoms with E-state index in [4.69, 9.17) is 0 Å². The van der Waals surface area contributed by atoms with E-state index in [1.807, 2.05) is 18.2 Å². The van der Waals surface area contributed by atoms with Gasteiger partial charge in [-0.05, 0) is 12.1 Å². The fourth-order valence-corrected chi connectivity index (χ4v) is 0.713. The Balaban J connectivity index is 0. The van der Waals surface area contributed by atoms with Crippen molar-refractivity contribution in [3.8, 4) is 0 Å². The Bertz CT molecular complexity index is 289. The fraction of sp³-hybridized carbons (Fsp3) is 0.500. The number of rotatable bonds is 0. The highest BCUT2D eigenvalue weighted by Crippen LogP contribution is 1.83. The number of hydrogen-bond acceptors (Lipinski definition) is 3. The van der Waals surface area contributed by atoms with Crippen molar-refractivity contribution in [2.45, 2.75) is 0 Å². The van der Waals surface area contributed by atoms with Crippen molar-refractivity contribution in [1.82, 2.24) is 14.8 Å². The summed E-state index contributed by atoms with van der Waals surface area (Å²) in [5, 5.41) is 0. The summed E-state index contributed by atoms with van der Waals surface area (Å²) in [6.45, 7) is 0. The molecular weight excluding hydrogens is 250 g/mol. The predicted octanol–water partition coefficient (Wildman–Crippen LogP) is 1.31. The molecule has 1 aromatic heterocycles. The lowest BCUT2D eigenvalue weighted by atomic mass is 10.5. The fourth-order valence-electron chi connectivity index (χ4n) is 0.713. The van der Waals surface area contributed by atoms with Gasteiger partial charge in [0.15, 0.2) is 0 Å². The third-order valence-electron chi connectivity index (χ3n) is 1.33. The van der Waals surface area contributed by atoms with E-state index < -0.39 is 10.8 Å². The van der Waals surface area contributed by atoms with Gasteiger partial charge in [-0.15, -0.1) is 0 Å². The van der Waals surface area contributed by atoms with Crippen LogP contribution in [0.15, 0.2) is 30.6 Å². The third kappa shape index (κ3) is 17.0. The number of carbonyl (C=O) groups excluding carboxylic acids is 1. The van der Waals surface area contributed by atoms with Crippen LogP contribution in [0, 0.1) is 0 Å². The summed E-state index contributed by atoms with van der Waals surface area (Å²) >= 11 is 0. The van der Waals surface area contributed by atoms with E-state index in [0.717, 1.165) is 0 Å². The first kappa shape index (κ1) is 18.9. The summed E-state index contributed by atoms with van der Waals surface area (Å²) in [6.07, 6.45) is 6.78. The molecule has 0 bridgehead atoms. The van der Waals surface area contributed by atoms with Crippen LogP contribution < -0.4 is 0 Å². The Morgan fingerprint density at radius 3 is 1.33 bits per heavy atom. The monoisotopic (exact) mass is 273 g/mol. The Kier molecular flexibility index (Phi) is 12.7. The van der Waals surface area contributed by atoms with Crippen LogP contribution in [0.1, 0.15) is 0 Å². The van der Waals surface area contributed by atoms with Gasteiger partial charge in [0.05, 0.1) is 0 Å². The summed E-state index contributed by atoms with van der Waals surface area (Å²) < 4.78 is 9.56. The second kappa shape index (κ2) is 12.0. The molecule has 0 spiro atoms. The average Bonchev–Trinajstić information content (AvgIpc) is 2.30. The molecule has 0 unspecified atom stereocenters. The normalized spacial score (nSPS) is 8.39. The van der Waals surface area contributed by atoms with Gasteiger partial charge in [-0.3, -0.25) is 9.19 Å². The lowest BCUT2D eigenvalue weighted by Crippen LogP contribution is -2.33. The number of nitrogens with zero attached hydrogens (tertiary/aromatic N) is 3. The van der Waals surface area contributed by atoms with Crippen molar-refractivity contribution >= 4 is 16.8 Å². The maximum atomic E-state index is 10.7. The Morgan fingerprint density at radius 1 is 0.944 bits per heavy atom. The van der Waals surface area contributed by atoms with E-state index >= 15 is 0 Å². The molecule has 0 radical (unpaired) electrons. The summed E-state index contributed by atoms with van der Waals surface area (Å²) in [6, 6.07) is 5.73. The molecule has 0 saturated carbocycles. The van der Waals surface area contributed by atoms with Crippen LogP contribution in [-0.2, 0) is 10.8 Å². The zero-order valence-corrected chi connectivity index (χ0v) is 12.8. The molecule has 18 heavy (non-hydrogen) atoms. The Hall–Kier alpha value is -1.43. The zero-order valence-electron chi connectivity index (χ0n) is 12.0. The van der Waals surface area contributed by atoms with Gasteiger partial charge in [0.25, 0.3) is 0 Å². The lowest BCUT2D eigenvalue weighted by Gasteiger charge is -2.16. The Morgan fingerprint density at radius 2 is 1.28 bits per heavy atom. The van der Waals surface area contributed by atoms with Crippen LogP contribution in [-0.4, -0.2) is 65.7 Å². The SMILES string of the molecule is CN(C)C(=O)N(C)C.CS(C)=O.c1ccncc1. The van der Waals surface area contributed by atoms with Gasteiger partial charge in [0.1, 0.15) is 0 Å². The highest BCUT2D eigenvalue weighted by molar-refractivity contribution is 7.83. The predicted molar refractivity (Wildman–Crippen MR) is 77.0 cm³/mol. The van der Waals surface area contributed by atoms with E-state index in [1.165, 1.54) is 9.80 Å². The Labute approximate surface area is 112 Å². The van der Waals surface area contributed by atoms with Crippen LogP contribution in [0.4, 0.5) is 4.79 Å². The van der Waals surface area contributed by atoms with Crippen LogP contribution in [0.25, 0.3) is 0 Å². The average molecular weight is 273 g/mol. The number of aromatic nitrogens is 1. The largest absolute Gasteiger partial charge is 0.331 e. The first-order chi connectivity index (χ1) is 8.29. The maximum absolute atomic E-state index is 10.7. The lowest BCUT2D eigenvalue weighted by molar-refractivity contribution is 0.191. The number of urea groups is 1. The van der Waals surface area contributed by atoms with E-state index in [9.17, 15) is 9.00 Å². The zero-order chi connectivity index (χ0) is 14.6. The van der Waals surface area contributed by atoms with Crippen LogP contribution >= 0.6 is 0 Å². The van der Waals surface area contributed by atoms with Gasteiger partial charge >= 0.3 is 6.03 Å². The molecule has 1 heterocycles. The second-order valence-electron chi connectivity index (χ2n) is 3.84. The molecule has 0 fully saturated rings.